The van der Waals surface area contributed by atoms with Gasteiger partial charge in [-0.2, -0.15) is 0 Å². The maximum Gasteiger partial charge on any atom is 0.270 e. The molecule has 2 aromatic carbocycles. The summed E-state index contributed by atoms with van der Waals surface area (Å²) in [5.41, 5.74) is 2.82. The van der Waals surface area contributed by atoms with Gasteiger partial charge in [-0.15, -0.1) is 0 Å². The van der Waals surface area contributed by atoms with Crippen LogP contribution in [0.15, 0.2) is 96.2 Å². The molecule has 0 atom stereocenters. The number of rotatable bonds is 7. The van der Waals surface area contributed by atoms with E-state index in [1.54, 1.807) is 48.8 Å². The molecule has 0 unspecified atom stereocenters. The molecule has 1 aliphatic heterocycles. The molecule has 6 rings (SSSR count). The SMILES string of the molecule is CN1CCC(NC(=O)c2cc3c(Nc4ccc(NC(=O)c5cccn(-c6ccc(F)cc6)c5=O)cc4)ccnc3cn2)CC1. The highest BCUT2D eigenvalue weighted by Crippen LogP contribution is 2.26. The van der Waals surface area contributed by atoms with Gasteiger partial charge < -0.3 is 20.9 Å². The van der Waals surface area contributed by atoms with Crippen molar-refractivity contribution in [3.63, 3.8) is 0 Å². The molecule has 1 fully saturated rings. The molecule has 0 saturated carbocycles. The standard InChI is InChI=1S/C33H30FN7O3/c1-40-17-13-24(14-18-40)39-32(43)29-19-27-28(12-15-35-30(27)20-36-29)37-22-6-8-23(9-7-22)38-31(42)26-3-2-16-41(33(26)44)25-10-4-21(34)5-11-25/h2-12,15-16,19-20,24H,13-14,17-18H2,1H3,(H,35,37)(H,38,42)(H,39,43). The molecule has 0 bridgehead atoms. The number of fused-ring (bicyclic) bond motifs is 1. The summed E-state index contributed by atoms with van der Waals surface area (Å²) in [7, 11) is 2.08. The normalized spacial score (nSPS) is 13.9. The largest absolute Gasteiger partial charge is 0.355 e. The second-order valence-electron chi connectivity index (χ2n) is 10.7. The molecule has 222 valence electrons. The fourth-order valence-electron chi connectivity index (χ4n) is 5.16. The van der Waals surface area contributed by atoms with Gasteiger partial charge in [-0.25, -0.2) is 9.37 Å². The van der Waals surface area contributed by atoms with Crippen LogP contribution in [0.4, 0.5) is 21.5 Å². The van der Waals surface area contributed by atoms with E-state index in [9.17, 15) is 18.8 Å². The summed E-state index contributed by atoms with van der Waals surface area (Å²) in [4.78, 5) is 49.9. The molecule has 1 aliphatic rings. The Morgan fingerprint density at radius 3 is 2.39 bits per heavy atom. The van der Waals surface area contributed by atoms with Gasteiger partial charge in [-0.1, -0.05) is 0 Å². The minimum Gasteiger partial charge on any atom is -0.355 e. The van der Waals surface area contributed by atoms with Gasteiger partial charge in [0.2, 0.25) is 0 Å². The van der Waals surface area contributed by atoms with E-state index in [-0.39, 0.29) is 17.5 Å². The van der Waals surface area contributed by atoms with Crippen molar-refractivity contribution >= 4 is 39.8 Å². The van der Waals surface area contributed by atoms with E-state index < -0.39 is 17.3 Å². The zero-order valence-corrected chi connectivity index (χ0v) is 24.0. The molecule has 3 N–H and O–H groups in total. The van der Waals surface area contributed by atoms with Crippen LogP contribution in [0.3, 0.4) is 0 Å². The third-order valence-corrected chi connectivity index (χ3v) is 7.63. The van der Waals surface area contributed by atoms with Gasteiger partial charge in [-0.05, 0) is 106 Å². The highest BCUT2D eigenvalue weighted by molar-refractivity contribution is 6.04. The molecule has 2 amide bonds. The maximum atomic E-state index is 13.3. The molecule has 3 aromatic heterocycles. The number of benzene rings is 2. The summed E-state index contributed by atoms with van der Waals surface area (Å²) < 4.78 is 14.6. The second-order valence-corrected chi connectivity index (χ2v) is 10.7. The predicted octanol–water partition coefficient (Wildman–Crippen LogP) is 4.74. The number of aromatic nitrogens is 3. The molecule has 0 spiro atoms. The van der Waals surface area contributed by atoms with Crippen LogP contribution in [0, 0.1) is 5.82 Å². The quantitative estimate of drug-likeness (QED) is 0.250. The first-order valence-corrected chi connectivity index (χ1v) is 14.2. The molecule has 1 saturated heterocycles. The lowest BCUT2D eigenvalue weighted by molar-refractivity contribution is 0.0911. The smallest absolute Gasteiger partial charge is 0.270 e. The van der Waals surface area contributed by atoms with Crippen LogP contribution in [0.5, 0.6) is 0 Å². The van der Waals surface area contributed by atoms with E-state index in [2.05, 4.69) is 37.9 Å². The molecule has 4 heterocycles. The van der Waals surface area contributed by atoms with Gasteiger partial charge in [0.25, 0.3) is 17.4 Å². The van der Waals surface area contributed by atoms with E-state index in [0.717, 1.165) is 42.7 Å². The Kier molecular flexibility index (Phi) is 8.11. The van der Waals surface area contributed by atoms with Crippen LogP contribution in [0.25, 0.3) is 16.6 Å². The third-order valence-electron chi connectivity index (χ3n) is 7.63. The van der Waals surface area contributed by atoms with Crippen LogP contribution in [-0.4, -0.2) is 57.4 Å². The van der Waals surface area contributed by atoms with Crippen molar-refractivity contribution in [2.45, 2.75) is 18.9 Å². The molecule has 0 radical (unpaired) electrons. The number of carbonyl (C=O) groups is 2. The average Bonchev–Trinajstić information content (AvgIpc) is 3.03. The Bertz CT molecular complexity index is 1880. The number of nitrogens with one attached hydrogen (secondary N) is 3. The molecule has 11 heteroatoms. The lowest BCUT2D eigenvalue weighted by Gasteiger charge is -2.29. The van der Waals surface area contributed by atoms with E-state index in [1.807, 2.05) is 6.07 Å². The van der Waals surface area contributed by atoms with Crippen LogP contribution in [-0.2, 0) is 0 Å². The molecule has 0 aliphatic carbocycles. The summed E-state index contributed by atoms with van der Waals surface area (Å²) in [5.74, 6) is -1.19. The number of carbonyl (C=O) groups excluding carboxylic acids is 2. The first-order valence-electron chi connectivity index (χ1n) is 14.2. The Labute approximate surface area is 252 Å². The Morgan fingerprint density at radius 1 is 0.909 bits per heavy atom. The monoisotopic (exact) mass is 591 g/mol. The number of hydrogen-bond acceptors (Lipinski definition) is 7. The van der Waals surface area contributed by atoms with Crippen LogP contribution < -0.4 is 21.5 Å². The topological polar surface area (TPSA) is 121 Å². The third kappa shape index (κ3) is 6.32. The summed E-state index contributed by atoms with van der Waals surface area (Å²) in [6.07, 6.45) is 6.59. The molecule has 5 aromatic rings. The molecule has 44 heavy (non-hydrogen) atoms. The van der Waals surface area contributed by atoms with Crippen molar-refractivity contribution in [3.8, 4) is 5.69 Å². The number of likely N-dealkylation sites (tertiary alicyclic amines) is 1. The fraction of sp³-hybridized carbons (Fsp3) is 0.182. The summed E-state index contributed by atoms with van der Waals surface area (Å²) in [5, 5.41) is 9.96. The first-order chi connectivity index (χ1) is 21.3. The number of nitrogens with zero attached hydrogens (tertiary/aromatic N) is 4. The summed E-state index contributed by atoms with van der Waals surface area (Å²) >= 11 is 0. The number of anilines is 3. The van der Waals surface area contributed by atoms with Crippen LogP contribution in [0.1, 0.15) is 33.7 Å². The maximum absolute atomic E-state index is 13.3. The molecular weight excluding hydrogens is 561 g/mol. The van der Waals surface area contributed by atoms with Crippen molar-refractivity contribution in [2.75, 3.05) is 30.8 Å². The number of halogens is 1. The number of amides is 2. The van der Waals surface area contributed by atoms with Crippen molar-refractivity contribution in [1.29, 1.82) is 0 Å². The Morgan fingerprint density at radius 2 is 1.64 bits per heavy atom. The zero-order chi connectivity index (χ0) is 30.6. The molecular formula is C33H30FN7O3. The second kappa shape index (κ2) is 12.4. The van der Waals surface area contributed by atoms with Gasteiger partial charge in [0.15, 0.2) is 0 Å². The highest BCUT2D eigenvalue weighted by Gasteiger charge is 2.20. The van der Waals surface area contributed by atoms with Crippen LogP contribution in [0.2, 0.25) is 0 Å². The fourth-order valence-corrected chi connectivity index (χ4v) is 5.16. The van der Waals surface area contributed by atoms with E-state index in [0.29, 0.717) is 22.6 Å². The summed E-state index contributed by atoms with van der Waals surface area (Å²) in [6.45, 7) is 1.89. The van der Waals surface area contributed by atoms with E-state index in [4.69, 9.17) is 0 Å². The van der Waals surface area contributed by atoms with E-state index in [1.165, 1.54) is 41.1 Å². The minimum absolute atomic E-state index is 0.0495. The van der Waals surface area contributed by atoms with Crippen molar-refractivity contribution in [3.05, 3.63) is 119 Å². The Balaban J connectivity index is 1.15. The number of piperidine rings is 1. The van der Waals surface area contributed by atoms with Crippen molar-refractivity contribution in [2.24, 2.45) is 0 Å². The van der Waals surface area contributed by atoms with Gasteiger partial charge in [-0.3, -0.25) is 23.9 Å². The van der Waals surface area contributed by atoms with Gasteiger partial charge >= 0.3 is 0 Å². The highest BCUT2D eigenvalue weighted by atomic mass is 19.1. The Hall–Kier alpha value is -5.42. The van der Waals surface area contributed by atoms with Gasteiger partial charge in [0.1, 0.15) is 17.1 Å². The van der Waals surface area contributed by atoms with Crippen LogP contribution >= 0.6 is 0 Å². The number of pyridine rings is 3. The minimum atomic E-state index is -0.564. The predicted molar refractivity (Wildman–Crippen MR) is 167 cm³/mol. The van der Waals surface area contributed by atoms with E-state index >= 15 is 0 Å². The van der Waals surface area contributed by atoms with Gasteiger partial charge in [0, 0.05) is 46.6 Å². The summed E-state index contributed by atoms with van der Waals surface area (Å²) in [6, 6.07) is 19.2. The van der Waals surface area contributed by atoms with Crippen molar-refractivity contribution in [1.82, 2.24) is 24.8 Å². The van der Waals surface area contributed by atoms with Crippen molar-refractivity contribution < 1.29 is 14.0 Å². The lowest BCUT2D eigenvalue weighted by atomic mass is 10.1. The number of hydrogen-bond donors (Lipinski definition) is 3. The molecule has 10 nitrogen and oxygen atoms in total. The zero-order valence-electron chi connectivity index (χ0n) is 24.0. The van der Waals surface area contributed by atoms with Gasteiger partial charge in [0.05, 0.1) is 11.7 Å². The average molecular weight is 592 g/mol. The lowest BCUT2D eigenvalue weighted by Crippen LogP contribution is -2.43. The first kappa shape index (κ1) is 28.7.